The predicted octanol–water partition coefficient (Wildman–Crippen LogP) is 1.38. The standard InChI is InChI=1S/C16H18N4O3/c1-2-13-12(9-18-20(13)14-5-3-4-7-17-14)15(21)19-8-6-11(10-19)16(22)23/h3-5,7,9,11H,2,6,8,10H2,1H3,(H,22,23)/t11-/m0/s1. The fourth-order valence-electron chi connectivity index (χ4n) is 2.89. The number of carboxylic acid groups (broad SMARTS) is 1. The van der Waals surface area contributed by atoms with Crippen LogP contribution < -0.4 is 0 Å². The Morgan fingerprint density at radius 2 is 2.22 bits per heavy atom. The van der Waals surface area contributed by atoms with Crippen LogP contribution >= 0.6 is 0 Å². The van der Waals surface area contributed by atoms with E-state index in [2.05, 4.69) is 10.1 Å². The quantitative estimate of drug-likeness (QED) is 0.921. The molecule has 0 spiro atoms. The second-order valence-corrected chi connectivity index (χ2v) is 5.53. The van der Waals surface area contributed by atoms with Crippen molar-refractivity contribution in [3.63, 3.8) is 0 Å². The molecule has 1 amide bonds. The van der Waals surface area contributed by atoms with Crippen molar-refractivity contribution in [2.24, 2.45) is 5.92 Å². The molecule has 3 rings (SSSR count). The summed E-state index contributed by atoms with van der Waals surface area (Å²) in [6, 6.07) is 5.51. The molecular formula is C16H18N4O3. The predicted molar refractivity (Wildman–Crippen MR) is 82.4 cm³/mol. The number of aliphatic carboxylic acids is 1. The third kappa shape index (κ3) is 2.81. The van der Waals surface area contributed by atoms with Gasteiger partial charge in [0.15, 0.2) is 5.82 Å². The Morgan fingerprint density at radius 1 is 1.39 bits per heavy atom. The minimum atomic E-state index is -0.847. The van der Waals surface area contributed by atoms with Gasteiger partial charge in [0.25, 0.3) is 5.91 Å². The Bertz CT molecular complexity index is 726. The van der Waals surface area contributed by atoms with E-state index >= 15 is 0 Å². The summed E-state index contributed by atoms with van der Waals surface area (Å²) in [5, 5.41) is 13.4. The third-order valence-corrected chi connectivity index (χ3v) is 4.13. The molecule has 1 aliphatic heterocycles. The maximum Gasteiger partial charge on any atom is 0.308 e. The number of nitrogens with zero attached hydrogens (tertiary/aromatic N) is 4. The zero-order valence-electron chi connectivity index (χ0n) is 12.8. The Hall–Kier alpha value is -2.70. The first-order chi connectivity index (χ1) is 11.1. The van der Waals surface area contributed by atoms with Crippen molar-refractivity contribution in [1.29, 1.82) is 0 Å². The topological polar surface area (TPSA) is 88.3 Å². The number of likely N-dealkylation sites (tertiary alicyclic amines) is 1. The molecule has 7 heteroatoms. The number of carbonyl (C=O) groups excluding carboxylic acids is 1. The van der Waals surface area contributed by atoms with Gasteiger partial charge in [0, 0.05) is 19.3 Å². The smallest absolute Gasteiger partial charge is 0.308 e. The lowest BCUT2D eigenvalue weighted by atomic mass is 10.1. The molecule has 2 aromatic rings. The van der Waals surface area contributed by atoms with Gasteiger partial charge in [-0.1, -0.05) is 13.0 Å². The summed E-state index contributed by atoms with van der Waals surface area (Å²) >= 11 is 0. The highest BCUT2D eigenvalue weighted by atomic mass is 16.4. The first kappa shape index (κ1) is 15.2. The van der Waals surface area contributed by atoms with Gasteiger partial charge in [-0.15, -0.1) is 0 Å². The van der Waals surface area contributed by atoms with Crippen molar-refractivity contribution in [2.45, 2.75) is 19.8 Å². The first-order valence-corrected chi connectivity index (χ1v) is 7.62. The van der Waals surface area contributed by atoms with Gasteiger partial charge in [-0.3, -0.25) is 9.59 Å². The van der Waals surface area contributed by atoms with E-state index in [1.807, 2.05) is 25.1 Å². The van der Waals surface area contributed by atoms with Gasteiger partial charge in [-0.05, 0) is 25.0 Å². The summed E-state index contributed by atoms with van der Waals surface area (Å²) in [6.07, 6.45) is 4.35. The number of hydrogen-bond acceptors (Lipinski definition) is 4. The van der Waals surface area contributed by atoms with Crippen molar-refractivity contribution < 1.29 is 14.7 Å². The number of amides is 1. The molecule has 1 fully saturated rings. The van der Waals surface area contributed by atoms with Crippen LogP contribution in [0.1, 0.15) is 29.4 Å². The van der Waals surface area contributed by atoms with Crippen molar-refractivity contribution in [2.75, 3.05) is 13.1 Å². The molecular weight excluding hydrogens is 296 g/mol. The maximum atomic E-state index is 12.7. The van der Waals surface area contributed by atoms with Crippen LogP contribution in [0.5, 0.6) is 0 Å². The number of carboxylic acids is 1. The minimum Gasteiger partial charge on any atom is -0.481 e. The monoisotopic (exact) mass is 314 g/mol. The number of aromatic nitrogens is 3. The number of carbonyl (C=O) groups is 2. The average Bonchev–Trinajstić information content (AvgIpc) is 3.22. The van der Waals surface area contributed by atoms with E-state index in [1.54, 1.807) is 22.0 Å². The van der Waals surface area contributed by atoms with Gasteiger partial charge in [-0.25, -0.2) is 9.67 Å². The van der Waals surface area contributed by atoms with Gasteiger partial charge >= 0.3 is 5.97 Å². The second-order valence-electron chi connectivity index (χ2n) is 5.53. The highest BCUT2D eigenvalue weighted by molar-refractivity contribution is 5.95. The van der Waals surface area contributed by atoms with E-state index in [1.165, 1.54) is 0 Å². The van der Waals surface area contributed by atoms with E-state index < -0.39 is 11.9 Å². The molecule has 1 saturated heterocycles. The lowest BCUT2D eigenvalue weighted by Gasteiger charge is -2.16. The second kappa shape index (κ2) is 6.20. The highest BCUT2D eigenvalue weighted by Crippen LogP contribution is 2.22. The molecule has 0 unspecified atom stereocenters. The minimum absolute atomic E-state index is 0.159. The summed E-state index contributed by atoms with van der Waals surface area (Å²) in [6.45, 7) is 2.68. The summed E-state index contributed by atoms with van der Waals surface area (Å²) in [5.74, 6) is -0.823. The molecule has 3 heterocycles. The lowest BCUT2D eigenvalue weighted by molar-refractivity contribution is -0.141. The van der Waals surface area contributed by atoms with Crippen molar-refractivity contribution in [3.05, 3.63) is 41.9 Å². The molecule has 0 bridgehead atoms. The molecule has 0 saturated carbocycles. The first-order valence-electron chi connectivity index (χ1n) is 7.62. The van der Waals surface area contributed by atoms with Crippen LogP contribution in [-0.4, -0.2) is 49.7 Å². The summed E-state index contributed by atoms with van der Waals surface area (Å²) in [5.41, 5.74) is 1.30. The molecule has 1 aliphatic rings. The SMILES string of the molecule is CCc1c(C(=O)N2CC[C@H](C(=O)O)C2)cnn1-c1ccccn1. The van der Waals surface area contributed by atoms with Crippen molar-refractivity contribution >= 4 is 11.9 Å². The molecule has 0 radical (unpaired) electrons. The van der Waals surface area contributed by atoms with E-state index in [9.17, 15) is 9.59 Å². The maximum absolute atomic E-state index is 12.7. The number of pyridine rings is 1. The van der Waals surface area contributed by atoms with Crippen LogP contribution in [0, 0.1) is 5.92 Å². The fourth-order valence-corrected chi connectivity index (χ4v) is 2.89. The van der Waals surface area contributed by atoms with E-state index in [-0.39, 0.29) is 12.5 Å². The number of rotatable bonds is 4. The third-order valence-electron chi connectivity index (χ3n) is 4.13. The van der Waals surface area contributed by atoms with Crippen molar-refractivity contribution in [1.82, 2.24) is 19.7 Å². The van der Waals surface area contributed by atoms with Gasteiger partial charge in [0.05, 0.1) is 23.4 Å². The fraction of sp³-hybridized carbons (Fsp3) is 0.375. The molecule has 0 aliphatic carbocycles. The summed E-state index contributed by atoms with van der Waals surface area (Å²) in [4.78, 5) is 29.6. The molecule has 1 atom stereocenters. The molecule has 7 nitrogen and oxygen atoms in total. The molecule has 2 aromatic heterocycles. The van der Waals surface area contributed by atoms with E-state index in [4.69, 9.17) is 5.11 Å². The van der Waals surface area contributed by atoms with Crippen LogP contribution in [-0.2, 0) is 11.2 Å². The Kier molecular flexibility index (Phi) is 4.10. The van der Waals surface area contributed by atoms with Crippen LogP contribution in [0.2, 0.25) is 0 Å². The molecule has 120 valence electrons. The zero-order chi connectivity index (χ0) is 16.4. The van der Waals surface area contributed by atoms with Gasteiger partial charge < -0.3 is 10.0 Å². The average molecular weight is 314 g/mol. The highest BCUT2D eigenvalue weighted by Gasteiger charge is 2.32. The van der Waals surface area contributed by atoms with Crippen LogP contribution in [0.4, 0.5) is 0 Å². The summed E-state index contributed by atoms with van der Waals surface area (Å²) in [7, 11) is 0. The Morgan fingerprint density at radius 3 is 2.83 bits per heavy atom. The van der Waals surface area contributed by atoms with Gasteiger partial charge in [0.2, 0.25) is 0 Å². The van der Waals surface area contributed by atoms with Crippen LogP contribution in [0.25, 0.3) is 5.82 Å². The summed E-state index contributed by atoms with van der Waals surface area (Å²) < 4.78 is 1.66. The Balaban J connectivity index is 1.88. The molecule has 1 N–H and O–H groups in total. The largest absolute Gasteiger partial charge is 0.481 e. The van der Waals surface area contributed by atoms with Crippen LogP contribution in [0.15, 0.2) is 30.6 Å². The van der Waals surface area contributed by atoms with E-state index in [0.717, 1.165) is 5.69 Å². The molecule has 23 heavy (non-hydrogen) atoms. The normalized spacial score (nSPS) is 17.4. The van der Waals surface area contributed by atoms with Gasteiger partial charge in [-0.2, -0.15) is 5.10 Å². The van der Waals surface area contributed by atoms with E-state index in [0.29, 0.717) is 30.8 Å². The number of hydrogen-bond donors (Lipinski definition) is 1. The Labute approximate surface area is 133 Å². The van der Waals surface area contributed by atoms with Crippen molar-refractivity contribution in [3.8, 4) is 5.82 Å². The lowest BCUT2D eigenvalue weighted by Crippen LogP contribution is -2.30. The van der Waals surface area contributed by atoms with Gasteiger partial charge in [0.1, 0.15) is 0 Å². The molecule has 0 aromatic carbocycles. The van der Waals surface area contributed by atoms with Crippen LogP contribution in [0.3, 0.4) is 0 Å². The zero-order valence-corrected chi connectivity index (χ0v) is 12.8.